The van der Waals surface area contributed by atoms with Gasteiger partial charge >= 0.3 is 0 Å². The molecule has 9 nitrogen and oxygen atoms in total. The van der Waals surface area contributed by atoms with E-state index in [0.29, 0.717) is 34.8 Å². The number of aromatic amines is 1. The molecule has 11 heteroatoms. The quantitative estimate of drug-likeness (QED) is 0.176. The molecule has 1 amide bonds. The van der Waals surface area contributed by atoms with Gasteiger partial charge in [0.15, 0.2) is 0 Å². The van der Waals surface area contributed by atoms with Gasteiger partial charge in [-0.3, -0.25) is 14.5 Å². The normalized spacial score (nSPS) is 13.8. The number of carbonyl (C=O) groups is 1. The molecule has 0 aliphatic heterocycles. The summed E-state index contributed by atoms with van der Waals surface area (Å²) in [6.07, 6.45) is 6.80. The van der Waals surface area contributed by atoms with Crippen molar-refractivity contribution in [2.75, 3.05) is 17.1 Å². The van der Waals surface area contributed by atoms with Gasteiger partial charge in [-0.2, -0.15) is 0 Å². The highest BCUT2D eigenvalue weighted by molar-refractivity contribution is 7.92. The van der Waals surface area contributed by atoms with Crippen LogP contribution in [0, 0.1) is 5.82 Å². The second-order valence-corrected chi connectivity index (χ2v) is 10.8. The average molecular weight is 512 g/mol. The maximum absolute atomic E-state index is 13.6. The number of amides is 1. The van der Waals surface area contributed by atoms with Crippen LogP contribution in [0.2, 0.25) is 0 Å². The number of nitrogens with zero attached hydrogens (tertiary/aromatic N) is 2. The number of nitrogens with one attached hydrogen (secondary N) is 2. The van der Waals surface area contributed by atoms with Crippen molar-refractivity contribution in [3.05, 3.63) is 60.2 Å². The van der Waals surface area contributed by atoms with Crippen LogP contribution in [-0.4, -0.2) is 37.1 Å². The summed E-state index contributed by atoms with van der Waals surface area (Å²) < 4.78 is 46.9. The number of fused-ring (bicyclic) bond motifs is 1. The summed E-state index contributed by atoms with van der Waals surface area (Å²) in [7, 11) is -3.65. The Morgan fingerprint density at radius 3 is 2.64 bits per heavy atom. The molecule has 1 aliphatic carbocycles. The molecule has 1 saturated carbocycles. The number of halogens is 1. The number of furan rings is 1. The number of carbonyl (C=O) groups excluding carboxylic acids is 1. The standard InChI is InChI=1S/C25H26FN5O4S/c1-36(33,34)31(12-2-3-22(32)30-27)20-14-21-19(13-18(20)15-4-5-15)23(25-28-10-11-29-25)24(35-21)16-6-8-17(26)9-7-16/h6-11,13-15H,2-5,12,27H2,1H3,(H,28,29)(H,30,32). The van der Waals surface area contributed by atoms with Crippen LogP contribution < -0.4 is 15.6 Å². The molecule has 1 fully saturated rings. The Morgan fingerprint density at radius 2 is 2.03 bits per heavy atom. The van der Waals surface area contributed by atoms with E-state index in [2.05, 4.69) is 15.4 Å². The van der Waals surface area contributed by atoms with E-state index in [0.717, 1.165) is 35.6 Å². The fourth-order valence-corrected chi connectivity index (χ4v) is 5.42. The minimum atomic E-state index is -3.65. The van der Waals surface area contributed by atoms with Gasteiger partial charge in [0.2, 0.25) is 15.9 Å². The van der Waals surface area contributed by atoms with Gasteiger partial charge in [0.25, 0.3) is 0 Å². The Labute approximate surface area is 207 Å². The van der Waals surface area contributed by atoms with E-state index in [4.69, 9.17) is 10.3 Å². The number of sulfonamides is 1. The first-order valence-electron chi connectivity index (χ1n) is 11.6. The van der Waals surface area contributed by atoms with Gasteiger partial charge in [-0.15, -0.1) is 0 Å². The molecule has 0 unspecified atom stereocenters. The van der Waals surface area contributed by atoms with Crippen molar-refractivity contribution in [3.8, 4) is 22.7 Å². The molecule has 4 N–H and O–H groups in total. The van der Waals surface area contributed by atoms with Crippen molar-refractivity contribution < 1.29 is 22.0 Å². The van der Waals surface area contributed by atoms with E-state index in [9.17, 15) is 17.6 Å². The van der Waals surface area contributed by atoms with Gasteiger partial charge in [0, 0.05) is 42.4 Å². The topological polar surface area (TPSA) is 134 Å². The predicted octanol–water partition coefficient (Wildman–Crippen LogP) is 4.04. The van der Waals surface area contributed by atoms with Gasteiger partial charge in [0.05, 0.1) is 17.5 Å². The molecule has 0 saturated heterocycles. The number of hydrazine groups is 1. The molecule has 0 bridgehead atoms. The van der Waals surface area contributed by atoms with Gasteiger partial charge in [-0.05, 0) is 61.1 Å². The van der Waals surface area contributed by atoms with Crippen molar-refractivity contribution in [1.82, 2.24) is 15.4 Å². The van der Waals surface area contributed by atoms with E-state index >= 15 is 0 Å². The Morgan fingerprint density at radius 1 is 1.28 bits per heavy atom. The van der Waals surface area contributed by atoms with Crippen LogP contribution in [0.4, 0.5) is 10.1 Å². The Hall–Kier alpha value is -3.70. The first-order valence-corrected chi connectivity index (χ1v) is 13.4. The van der Waals surface area contributed by atoms with Crippen LogP contribution in [-0.2, 0) is 14.8 Å². The second-order valence-electron chi connectivity index (χ2n) is 8.94. The van der Waals surface area contributed by atoms with E-state index in [1.807, 2.05) is 6.07 Å². The second kappa shape index (κ2) is 9.40. The number of hydrogen-bond acceptors (Lipinski definition) is 6. The molecular formula is C25H26FN5O4S. The van der Waals surface area contributed by atoms with Crippen molar-refractivity contribution in [2.24, 2.45) is 5.84 Å². The number of anilines is 1. The smallest absolute Gasteiger partial charge is 0.233 e. The molecule has 0 radical (unpaired) electrons. The maximum atomic E-state index is 13.6. The largest absolute Gasteiger partial charge is 0.455 e. The summed E-state index contributed by atoms with van der Waals surface area (Å²) in [4.78, 5) is 19.1. The molecule has 2 aromatic heterocycles. The third kappa shape index (κ3) is 4.71. The van der Waals surface area contributed by atoms with E-state index in [1.54, 1.807) is 30.6 Å². The lowest BCUT2D eigenvalue weighted by Crippen LogP contribution is -2.34. The molecule has 4 aromatic rings. The summed E-state index contributed by atoms with van der Waals surface area (Å²) in [5.41, 5.74) is 5.37. The predicted molar refractivity (Wildman–Crippen MR) is 135 cm³/mol. The zero-order valence-corrected chi connectivity index (χ0v) is 20.4. The summed E-state index contributed by atoms with van der Waals surface area (Å²) in [6, 6.07) is 9.70. The number of benzene rings is 2. The van der Waals surface area contributed by atoms with Gasteiger partial charge in [-0.1, -0.05) is 0 Å². The lowest BCUT2D eigenvalue weighted by molar-refractivity contribution is -0.121. The SMILES string of the molecule is CS(=O)(=O)N(CCCC(=O)NN)c1cc2oc(-c3ccc(F)cc3)c(-c3ncc[nH]3)c2cc1C1CC1. The summed E-state index contributed by atoms with van der Waals surface area (Å²) in [6.45, 7) is 0.119. The minimum Gasteiger partial charge on any atom is -0.455 e. The monoisotopic (exact) mass is 511 g/mol. The van der Waals surface area contributed by atoms with Crippen LogP contribution in [0.15, 0.2) is 53.2 Å². The molecule has 188 valence electrons. The van der Waals surface area contributed by atoms with Crippen LogP contribution in [0.5, 0.6) is 0 Å². The Kier molecular flexibility index (Phi) is 6.27. The summed E-state index contributed by atoms with van der Waals surface area (Å²) in [5.74, 6) is 5.75. The molecular weight excluding hydrogens is 485 g/mol. The molecule has 2 aromatic carbocycles. The number of nitrogens with two attached hydrogens (primary N) is 1. The molecule has 1 aliphatic rings. The Bertz CT molecular complexity index is 1510. The molecule has 0 atom stereocenters. The highest BCUT2D eigenvalue weighted by Crippen LogP contribution is 2.49. The van der Waals surface area contributed by atoms with Gasteiger partial charge < -0.3 is 9.40 Å². The summed E-state index contributed by atoms with van der Waals surface area (Å²) in [5, 5.41) is 0.783. The Balaban J connectivity index is 1.68. The molecule has 36 heavy (non-hydrogen) atoms. The highest BCUT2D eigenvalue weighted by Gasteiger charge is 2.32. The number of aromatic nitrogens is 2. The number of imidazole rings is 1. The molecule has 5 rings (SSSR count). The van der Waals surface area contributed by atoms with Crippen molar-refractivity contribution in [3.63, 3.8) is 0 Å². The number of H-pyrrole nitrogens is 1. The van der Waals surface area contributed by atoms with Gasteiger partial charge in [-0.25, -0.2) is 23.6 Å². The zero-order chi connectivity index (χ0) is 25.4. The zero-order valence-electron chi connectivity index (χ0n) is 19.6. The van der Waals surface area contributed by atoms with Gasteiger partial charge in [0.1, 0.15) is 23.0 Å². The van der Waals surface area contributed by atoms with Crippen LogP contribution in [0.1, 0.15) is 37.2 Å². The lowest BCUT2D eigenvalue weighted by Gasteiger charge is -2.25. The first kappa shape index (κ1) is 24.0. The molecule has 2 heterocycles. The van der Waals surface area contributed by atoms with E-state index in [1.165, 1.54) is 16.4 Å². The van der Waals surface area contributed by atoms with Crippen LogP contribution >= 0.6 is 0 Å². The van der Waals surface area contributed by atoms with Crippen molar-refractivity contribution >= 4 is 32.6 Å². The summed E-state index contributed by atoms with van der Waals surface area (Å²) >= 11 is 0. The van der Waals surface area contributed by atoms with Crippen LogP contribution in [0.3, 0.4) is 0 Å². The fourth-order valence-electron chi connectivity index (χ4n) is 4.45. The van der Waals surface area contributed by atoms with Crippen molar-refractivity contribution in [2.45, 2.75) is 31.6 Å². The van der Waals surface area contributed by atoms with Crippen LogP contribution in [0.25, 0.3) is 33.7 Å². The lowest BCUT2D eigenvalue weighted by atomic mass is 10.0. The molecule has 0 spiro atoms. The minimum absolute atomic E-state index is 0.0988. The average Bonchev–Trinajstić information content (AvgIpc) is 3.42. The van der Waals surface area contributed by atoms with E-state index < -0.39 is 10.0 Å². The first-order chi connectivity index (χ1) is 17.3. The number of rotatable bonds is 9. The fraction of sp³-hybridized carbons (Fsp3) is 0.280. The third-order valence-electron chi connectivity index (χ3n) is 6.29. The van der Waals surface area contributed by atoms with Crippen molar-refractivity contribution in [1.29, 1.82) is 0 Å². The maximum Gasteiger partial charge on any atom is 0.233 e. The number of hydrogen-bond donors (Lipinski definition) is 3. The van der Waals surface area contributed by atoms with E-state index in [-0.39, 0.29) is 30.6 Å². The highest BCUT2D eigenvalue weighted by atomic mass is 32.2. The third-order valence-corrected chi connectivity index (χ3v) is 7.47.